The molecule has 3 N–H and O–H groups in total. The highest BCUT2D eigenvalue weighted by Gasteiger charge is 2.16. The monoisotopic (exact) mass is 320 g/mol. The molecule has 114 valence electrons. The van der Waals surface area contributed by atoms with Gasteiger partial charge in [-0.2, -0.15) is 0 Å². The van der Waals surface area contributed by atoms with E-state index in [1.54, 1.807) is 12.1 Å². The van der Waals surface area contributed by atoms with Gasteiger partial charge in [-0.15, -0.1) is 11.3 Å². The number of aliphatic hydroxyl groups is 1. The molecule has 1 atom stereocenters. The van der Waals surface area contributed by atoms with Crippen molar-refractivity contribution in [3.63, 3.8) is 0 Å². The van der Waals surface area contributed by atoms with E-state index >= 15 is 0 Å². The van der Waals surface area contributed by atoms with Crippen molar-refractivity contribution in [2.24, 2.45) is 7.05 Å². The summed E-state index contributed by atoms with van der Waals surface area (Å²) >= 11 is 1.36. The number of nitrogens with zero attached hydrogens (tertiary/aromatic N) is 2. The molecule has 0 bridgehead atoms. The van der Waals surface area contributed by atoms with Gasteiger partial charge in [-0.3, -0.25) is 19.1 Å². The number of thiophene rings is 1. The van der Waals surface area contributed by atoms with Crippen LogP contribution in [0.4, 0.5) is 0 Å². The zero-order valence-electron chi connectivity index (χ0n) is 11.5. The largest absolute Gasteiger partial charge is 0.387 e. The Hall–Kier alpha value is -2.52. The van der Waals surface area contributed by atoms with Crippen molar-refractivity contribution >= 4 is 22.5 Å². The summed E-state index contributed by atoms with van der Waals surface area (Å²) in [6.07, 6.45) is -0.897. The Balaban J connectivity index is 2.12. The van der Waals surface area contributed by atoms with E-state index in [0.717, 1.165) is 4.57 Å². The van der Waals surface area contributed by atoms with Gasteiger partial charge in [0, 0.05) is 18.3 Å². The summed E-state index contributed by atoms with van der Waals surface area (Å²) in [6, 6.07) is 3.54. The molecule has 3 aromatic heterocycles. The highest BCUT2D eigenvalue weighted by atomic mass is 32.1. The molecular formula is C13H12N4O4S. The number of aromatic nitrogens is 4. The van der Waals surface area contributed by atoms with E-state index in [2.05, 4.69) is 15.0 Å². The van der Waals surface area contributed by atoms with Gasteiger partial charge in [0.1, 0.15) is 11.3 Å². The summed E-state index contributed by atoms with van der Waals surface area (Å²) in [6.45, 7) is 0. The van der Waals surface area contributed by atoms with E-state index in [-0.39, 0.29) is 23.3 Å². The molecule has 3 rings (SSSR count). The van der Waals surface area contributed by atoms with E-state index < -0.39 is 22.9 Å². The van der Waals surface area contributed by atoms with Gasteiger partial charge in [0.05, 0.1) is 6.10 Å². The Bertz CT molecular complexity index is 1000. The first-order valence-electron chi connectivity index (χ1n) is 6.41. The minimum absolute atomic E-state index is 0.0198. The Labute approximate surface area is 126 Å². The van der Waals surface area contributed by atoms with Crippen LogP contribution in [-0.2, 0) is 13.5 Å². The van der Waals surface area contributed by atoms with Gasteiger partial charge in [-0.25, -0.2) is 9.78 Å². The first-order chi connectivity index (χ1) is 10.5. The zero-order chi connectivity index (χ0) is 15.9. The first-order valence-corrected chi connectivity index (χ1v) is 7.29. The first kappa shape index (κ1) is 14.4. The second kappa shape index (κ2) is 5.35. The van der Waals surface area contributed by atoms with Crippen LogP contribution in [0.25, 0.3) is 11.2 Å². The molecule has 0 aliphatic heterocycles. The SMILES string of the molecule is Cn1c(=O)[nH]c(=O)c2nc(C[C@@H](O)c3cccs3)c(=O)[nH]c21. The quantitative estimate of drug-likeness (QED) is 0.609. The summed E-state index contributed by atoms with van der Waals surface area (Å²) in [5, 5.41) is 11.9. The molecule has 0 unspecified atom stereocenters. The van der Waals surface area contributed by atoms with E-state index in [4.69, 9.17) is 0 Å². The summed E-state index contributed by atoms with van der Waals surface area (Å²) in [5.41, 5.74) is -1.81. The van der Waals surface area contributed by atoms with E-state index in [1.807, 2.05) is 5.38 Å². The minimum Gasteiger partial charge on any atom is -0.387 e. The lowest BCUT2D eigenvalue weighted by atomic mass is 10.1. The molecule has 0 saturated heterocycles. The number of nitrogens with one attached hydrogen (secondary N) is 2. The highest BCUT2D eigenvalue weighted by Crippen LogP contribution is 2.21. The van der Waals surface area contributed by atoms with Crippen molar-refractivity contribution in [1.29, 1.82) is 0 Å². The Morgan fingerprint density at radius 1 is 1.32 bits per heavy atom. The van der Waals surface area contributed by atoms with Gasteiger partial charge in [-0.05, 0) is 11.4 Å². The number of aliphatic hydroxyl groups excluding tert-OH is 1. The Kier molecular flexibility index (Phi) is 3.51. The molecule has 0 radical (unpaired) electrons. The standard InChI is InChI=1S/C13H12N4O4S/c1-17-10-9(12(20)16-13(17)21)14-6(11(19)15-10)5-7(18)8-3-2-4-22-8/h2-4,7,18H,5H2,1H3,(H,15,19)(H,16,20,21)/t7-/m1/s1. The predicted octanol–water partition coefficient (Wildman–Crippen LogP) is -0.352. The molecule has 9 heteroatoms. The van der Waals surface area contributed by atoms with Gasteiger partial charge in [0.25, 0.3) is 11.1 Å². The van der Waals surface area contributed by atoms with Crippen LogP contribution in [0.15, 0.2) is 31.9 Å². The lowest BCUT2D eigenvalue weighted by Crippen LogP contribution is -2.32. The summed E-state index contributed by atoms with van der Waals surface area (Å²) < 4.78 is 1.10. The van der Waals surface area contributed by atoms with Crippen molar-refractivity contribution in [2.75, 3.05) is 0 Å². The van der Waals surface area contributed by atoms with Gasteiger partial charge in [0.15, 0.2) is 5.52 Å². The number of hydrogen-bond donors (Lipinski definition) is 3. The van der Waals surface area contributed by atoms with Gasteiger partial charge < -0.3 is 10.1 Å². The molecule has 0 saturated carbocycles. The van der Waals surface area contributed by atoms with E-state index in [1.165, 1.54) is 18.4 Å². The third-order valence-corrected chi connectivity index (χ3v) is 4.27. The zero-order valence-corrected chi connectivity index (χ0v) is 12.3. The molecule has 0 spiro atoms. The Morgan fingerprint density at radius 3 is 2.77 bits per heavy atom. The maximum absolute atomic E-state index is 12.1. The number of aryl methyl sites for hydroxylation is 1. The molecule has 0 aliphatic rings. The summed E-state index contributed by atoms with van der Waals surface area (Å²) in [4.78, 5) is 44.7. The molecule has 0 fully saturated rings. The predicted molar refractivity (Wildman–Crippen MR) is 81.2 cm³/mol. The number of fused-ring (bicyclic) bond motifs is 1. The van der Waals surface area contributed by atoms with Crippen LogP contribution in [0.3, 0.4) is 0 Å². The van der Waals surface area contributed by atoms with Crippen molar-refractivity contribution in [2.45, 2.75) is 12.5 Å². The number of aromatic amines is 2. The molecule has 0 amide bonds. The molecule has 0 aliphatic carbocycles. The van der Waals surface area contributed by atoms with Crippen LogP contribution < -0.4 is 16.8 Å². The van der Waals surface area contributed by atoms with Crippen molar-refractivity contribution in [3.8, 4) is 0 Å². The minimum atomic E-state index is -0.877. The lowest BCUT2D eigenvalue weighted by molar-refractivity contribution is 0.180. The fourth-order valence-electron chi connectivity index (χ4n) is 2.12. The van der Waals surface area contributed by atoms with E-state index in [9.17, 15) is 19.5 Å². The fraction of sp³-hybridized carbons (Fsp3) is 0.231. The molecule has 0 aromatic carbocycles. The summed E-state index contributed by atoms with van der Waals surface area (Å²) in [5.74, 6) is 0. The molecule has 22 heavy (non-hydrogen) atoms. The van der Waals surface area contributed by atoms with Gasteiger partial charge in [0.2, 0.25) is 0 Å². The molecule has 3 aromatic rings. The number of hydrogen-bond acceptors (Lipinski definition) is 6. The highest BCUT2D eigenvalue weighted by molar-refractivity contribution is 7.10. The third kappa shape index (κ3) is 2.40. The average Bonchev–Trinajstić information content (AvgIpc) is 3.00. The normalized spacial score (nSPS) is 12.6. The second-order valence-corrected chi connectivity index (χ2v) is 5.74. The topological polar surface area (TPSA) is 121 Å². The van der Waals surface area contributed by atoms with Crippen LogP contribution in [0, 0.1) is 0 Å². The third-order valence-electron chi connectivity index (χ3n) is 3.30. The number of rotatable bonds is 3. The van der Waals surface area contributed by atoms with Crippen molar-refractivity contribution < 1.29 is 5.11 Å². The van der Waals surface area contributed by atoms with Crippen molar-refractivity contribution in [1.82, 2.24) is 19.5 Å². The molecule has 3 heterocycles. The van der Waals surface area contributed by atoms with Crippen LogP contribution in [0.1, 0.15) is 16.7 Å². The van der Waals surface area contributed by atoms with Crippen molar-refractivity contribution in [3.05, 3.63) is 59.3 Å². The fourth-order valence-corrected chi connectivity index (χ4v) is 2.84. The molecular weight excluding hydrogens is 308 g/mol. The smallest absolute Gasteiger partial charge is 0.329 e. The Morgan fingerprint density at radius 2 is 2.09 bits per heavy atom. The van der Waals surface area contributed by atoms with Gasteiger partial charge >= 0.3 is 5.69 Å². The second-order valence-electron chi connectivity index (χ2n) is 4.76. The van der Waals surface area contributed by atoms with Gasteiger partial charge in [-0.1, -0.05) is 6.07 Å². The lowest BCUT2D eigenvalue weighted by Gasteiger charge is -2.08. The maximum Gasteiger partial charge on any atom is 0.329 e. The van der Waals surface area contributed by atoms with Crippen LogP contribution >= 0.6 is 11.3 Å². The van der Waals surface area contributed by atoms with Crippen LogP contribution in [0.2, 0.25) is 0 Å². The van der Waals surface area contributed by atoms with Crippen LogP contribution in [-0.4, -0.2) is 24.6 Å². The summed E-state index contributed by atoms with van der Waals surface area (Å²) in [7, 11) is 1.42. The number of H-pyrrole nitrogens is 2. The average molecular weight is 320 g/mol. The molecule has 8 nitrogen and oxygen atoms in total. The maximum atomic E-state index is 12.1. The van der Waals surface area contributed by atoms with E-state index in [0.29, 0.717) is 4.88 Å². The van der Waals surface area contributed by atoms with Crippen LogP contribution in [0.5, 0.6) is 0 Å².